The molecule has 108 valence electrons. The molecular formula is C12H15BrF3NOS. The summed E-state index contributed by atoms with van der Waals surface area (Å²) in [6.45, 7) is 2.67. The molecule has 2 nitrogen and oxygen atoms in total. The van der Waals surface area contributed by atoms with E-state index in [2.05, 4.69) is 32.9 Å². The van der Waals surface area contributed by atoms with E-state index in [1.807, 2.05) is 6.26 Å². The molecule has 1 unspecified atom stereocenters. The molecule has 19 heavy (non-hydrogen) atoms. The molecule has 1 N–H and O–H groups in total. The van der Waals surface area contributed by atoms with E-state index in [1.165, 1.54) is 6.07 Å². The molecule has 1 aromatic rings. The molecule has 1 atom stereocenters. The van der Waals surface area contributed by atoms with Crippen molar-refractivity contribution < 1.29 is 17.9 Å². The van der Waals surface area contributed by atoms with Gasteiger partial charge in [0.2, 0.25) is 0 Å². The van der Waals surface area contributed by atoms with Gasteiger partial charge in [-0.25, -0.2) is 0 Å². The highest BCUT2D eigenvalue weighted by atomic mass is 79.9. The minimum Gasteiger partial charge on any atom is -0.405 e. The maximum atomic E-state index is 12.1. The smallest absolute Gasteiger partial charge is 0.405 e. The largest absolute Gasteiger partial charge is 0.573 e. The predicted octanol–water partition coefficient (Wildman–Crippen LogP) is 4.19. The highest BCUT2D eigenvalue weighted by molar-refractivity contribution is 9.10. The first-order valence-electron chi connectivity index (χ1n) is 5.58. The van der Waals surface area contributed by atoms with Crippen molar-refractivity contribution in [2.24, 2.45) is 0 Å². The molecule has 0 heterocycles. The van der Waals surface area contributed by atoms with Crippen molar-refractivity contribution in [1.82, 2.24) is 5.32 Å². The molecule has 7 heteroatoms. The van der Waals surface area contributed by atoms with Gasteiger partial charge in [0.05, 0.1) is 4.47 Å². The number of hydrogen-bond acceptors (Lipinski definition) is 3. The Labute approximate surface area is 123 Å². The summed E-state index contributed by atoms with van der Waals surface area (Å²) < 4.78 is 40.5. The van der Waals surface area contributed by atoms with Gasteiger partial charge in [0.1, 0.15) is 5.75 Å². The highest BCUT2D eigenvalue weighted by Gasteiger charge is 2.31. The maximum Gasteiger partial charge on any atom is 0.573 e. The molecule has 0 saturated carbocycles. The number of nitrogens with one attached hydrogen (secondary N) is 1. The maximum absolute atomic E-state index is 12.1. The van der Waals surface area contributed by atoms with Gasteiger partial charge in [-0.2, -0.15) is 11.8 Å². The van der Waals surface area contributed by atoms with Crippen molar-refractivity contribution in [2.75, 3.05) is 12.0 Å². The van der Waals surface area contributed by atoms with Crippen molar-refractivity contribution in [3.63, 3.8) is 0 Å². The van der Waals surface area contributed by atoms with Crippen LogP contribution in [0.3, 0.4) is 0 Å². The first kappa shape index (κ1) is 16.7. The number of rotatable bonds is 6. The van der Waals surface area contributed by atoms with Crippen LogP contribution in [0.25, 0.3) is 0 Å². The van der Waals surface area contributed by atoms with Crippen LogP contribution in [-0.4, -0.2) is 24.4 Å². The fourth-order valence-corrected chi connectivity index (χ4v) is 2.59. The molecule has 0 aliphatic rings. The molecular weight excluding hydrogens is 343 g/mol. The van der Waals surface area contributed by atoms with E-state index in [0.29, 0.717) is 17.1 Å². The monoisotopic (exact) mass is 357 g/mol. The van der Waals surface area contributed by atoms with Gasteiger partial charge in [0, 0.05) is 18.3 Å². The van der Waals surface area contributed by atoms with Crippen LogP contribution in [0.4, 0.5) is 13.2 Å². The second-order valence-corrected chi connectivity index (χ2v) is 5.81. The number of thioether (sulfide) groups is 1. The highest BCUT2D eigenvalue weighted by Crippen LogP contribution is 2.31. The molecule has 0 saturated heterocycles. The fourth-order valence-electron chi connectivity index (χ4n) is 1.46. The Morgan fingerprint density at radius 2 is 2.11 bits per heavy atom. The molecule has 0 aliphatic heterocycles. The van der Waals surface area contributed by atoms with Crippen LogP contribution >= 0.6 is 27.7 Å². The van der Waals surface area contributed by atoms with Gasteiger partial charge in [-0.15, -0.1) is 13.2 Å². The molecule has 0 aliphatic carbocycles. The number of halogens is 4. The first-order valence-corrected chi connectivity index (χ1v) is 7.77. The third-order valence-electron chi connectivity index (χ3n) is 2.29. The predicted molar refractivity (Wildman–Crippen MR) is 75.5 cm³/mol. The van der Waals surface area contributed by atoms with Crippen molar-refractivity contribution >= 4 is 27.7 Å². The summed E-state index contributed by atoms with van der Waals surface area (Å²) >= 11 is 4.82. The topological polar surface area (TPSA) is 21.3 Å². The standard InChI is InChI=1S/C12H15BrF3NOS/c1-8(7-19-2)17-6-9-3-4-11(10(13)5-9)18-12(14,15)16/h3-5,8,17H,6-7H2,1-2H3. The Morgan fingerprint density at radius 3 is 2.63 bits per heavy atom. The molecule has 0 bridgehead atoms. The number of alkyl halides is 3. The van der Waals surface area contributed by atoms with E-state index in [9.17, 15) is 13.2 Å². The SMILES string of the molecule is CSCC(C)NCc1ccc(OC(F)(F)F)c(Br)c1. The molecule has 1 aromatic carbocycles. The van der Waals surface area contributed by atoms with Crippen molar-refractivity contribution in [3.05, 3.63) is 28.2 Å². The van der Waals surface area contributed by atoms with Gasteiger partial charge in [-0.3, -0.25) is 0 Å². The Balaban J connectivity index is 2.61. The second-order valence-electron chi connectivity index (χ2n) is 4.05. The lowest BCUT2D eigenvalue weighted by molar-refractivity contribution is -0.274. The van der Waals surface area contributed by atoms with Gasteiger partial charge < -0.3 is 10.1 Å². The van der Waals surface area contributed by atoms with E-state index < -0.39 is 6.36 Å². The summed E-state index contributed by atoms with van der Waals surface area (Å²) in [5, 5.41) is 3.29. The Kier molecular flexibility index (Phi) is 6.49. The van der Waals surface area contributed by atoms with Gasteiger partial charge in [-0.05, 0) is 46.8 Å². The van der Waals surface area contributed by atoms with Crippen LogP contribution in [0.15, 0.2) is 22.7 Å². The van der Waals surface area contributed by atoms with E-state index in [0.717, 1.165) is 11.3 Å². The Morgan fingerprint density at radius 1 is 1.42 bits per heavy atom. The van der Waals surface area contributed by atoms with Crippen molar-refractivity contribution in [2.45, 2.75) is 25.9 Å². The van der Waals surface area contributed by atoms with Crippen molar-refractivity contribution in [1.29, 1.82) is 0 Å². The minimum atomic E-state index is -4.67. The molecule has 0 aromatic heterocycles. The van der Waals surface area contributed by atoms with Crippen LogP contribution in [0, 0.1) is 0 Å². The summed E-state index contributed by atoms with van der Waals surface area (Å²) in [6.07, 6.45) is -2.65. The summed E-state index contributed by atoms with van der Waals surface area (Å²) in [7, 11) is 0. The first-order chi connectivity index (χ1) is 8.81. The lowest BCUT2D eigenvalue weighted by Crippen LogP contribution is -2.27. The summed E-state index contributed by atoms with van der Waals surface area (Å²) in [5.74, 6) is 0.754. The third kappa shape index (κ3) is 6.54. The molecule has 0 spiro atoms. The van der Waals surface area contributed by atoms with Crippen LogP contribution in [0.5, 0.6) is 5.75 Å². The van der Waals surface area contributed by atoms with Gasteiger partial charge in [0.15, 0.2) is 0 Å². The zero-order valence-corrected chi connectivity index (χ0v) is 13.0. The summed E-state index contributed by atoms with van der Waals surface area (Å²) in [5.41, 5.74) is 0.898. The molecule has 1 rings (SSSR count). The summed E-state index contributed by atoms with van der Waals surface area (Å²) in [4.78, 5) is 0. The number of ether oxygens (including phenoxy) is 1. The summed E-state index contributed by atoms with van der Waals surface area (Å²) in [6, 6.07) is 4.90. The van der Waals surface area contributed by atoms with Gasteiger partial charge in [0.25, 0.3) is 0 Å². The fraction of sp³-hybridized carbons (Fsp3) is 0.500. The molecule has 0 amide bonds. The molecule has 0 fully saturated rings. The second kappa shape index (κ2) is 7.40. The number of benzene rings is 1. The molecule has 0 radical (unpaired) electrons. The van der Waals surface area contributed by atoms with Crippen LogP contribution in [0.1, 0.15) is 12.5 Å². The van der Waals surface area contributed by atoms with Crippen LogP contribution in [-0.2, 0) is 6.54 Å². The lowest BCUT2D eigenvalue weighted by atomic mass is 10.2. The Bertz CT molecular complexity index is 414. The average Bonchev–Trinajstić information content (AvgIpc) is 2.28. The van der Waals surface area contributed by atoms with Gasteiger partial charge in [-0.1, -0.05) is 6.07 Å². The van der Waals surface area contributed by atoms with Gasteiger partial charge >= 0.3 is 6.36 Å². The zero-order valence-electron chi connectivity index (χ0n) is 10.6. The van der Waals surface area contributed by atoms with E-state index in [1.54, 1.807) is 23.9 Å². The normalized spacial score (nSPS) is 13.4. The number of hydrogen-bond donors (Lipinski definition) is 1. The average molecular weight is 358 g/mol. The van der Waals surface area contributed by atoms with Crippen LogP contribution in [0.2, 0.25) is 0 Å². The van der Waals surface area contributed by atoms with Crippen molar-refractivity contribution in [3.8, 4) is 5.75 Å². The quantitative estimate of drug-likeness (QED) is 0.824. The lowest BCUT2D eigenvalue weighted by Gasteiger charge is -2.14. The third-order valence-corrected chi connectivity index (χ3v) is 3.75. The zero-order chi connectivity index (χ0) is 14.5. The van der Waals surface area contributed by atoms with E-state index in [-0.39, 0.29) is 5.75 Å². The Hall–Kier alpha value is -0.400. The van der Waals surface area contributed by atoms with Crippen LogP contribution < -0.4 is 10.1 Å². The van der Waals surface area contributed by atoms with E-state index in [4.69, 9.17) is 0 Å². The minimum absolute atomic E-state index is 0.228. The van der Waals surface area contributed by atoms with E-state index >= 15 is 0 Å².